The van der Waals surface area contributed by atoms with Crippen molar-refractivity contribution < 1.29 is 19.4 Å². The second kappa shape index (κ2) is 6.91. The lowest BCUT2D eigenvalue weighted by atomic mass is 9.84. The fraction of sp³-hybridized carbons (Fsp3) is 0.737. The van der Waals surface area contributed by atoms with E-state index in [-0.39, 0.29) is 5.60 Å². The number of piperidine rings is 1. The topological polar surface area (TPSA) is 88.0 Å². The van der Waals surface area contributed by atoms with Crippen molar-refractivity contribution in [2.24, 2.45) is 0 Å². The molecule has 4 rings (SSSR count). The van der Waals surface area contributed by atoms with Gasteiger partial charge in [0.05, 0.1) is 30.8 Å². The predicted octanol–water partition coefficient (Wildman–Crippen LogP) is 1.43. The summed E-state index contributed by atoms with van der Waals surface area (Å²) in [5.74, 6) is 0.516. The summed E-state index contributed by atoms with van der Waals surface area (Å²) in [6, 6.07) is 0. The molecule has 1 N–H and O–H groups in total. The second-order valence-electron chi connectivity index (χ2n) is 8.21. The minimum atomic E-state index is -1.06. The zero-order valence-electron chi connectivity index (χ0n) is 16.1. The van der Waals surface area contributed by atoms with Crippen LogP contribution >= 0.6 is 0 Å². The molecule has 3 aliphatic heterocycles. The summed E-state index contributed by atoms with van der Waals surface area (Å²) in [6.45, 7) is 8.66. The van der Waals surface area contributed by atoms with Crippen molar-refractivity contribution >= 4 is 17.7 Å². The molecule has 3 aliphatic rings. The highest BCUT2D eigenvalue weighted by Crippen LogP contribution is 2.38. The SMILES string of the molecule is CC(C)(C(=O)O)c1cnc(N2CCC3(CCO3)CC2)nc1N1CCOCC1. The molecule has 1 aromatic heterocycles. The molecule has 8 nitrogen and oxygen atoms in total. The molecule has 3 fully saturated rings. The Kier molecular flexibility index (Phi) is 4.71. The maximum atomic E-state index is 11.8. The Labute approximate surface area is 159 Å². The van der Waals surface area contributed by atoms with E-state index in [2.05, 4.69) is 14.8 Å². The van der Waals surface area contributed by atoms with Crippen LogP contribution in [-0.4, -0.2) is 72.6 Å². The average Bonchev–Trinajstić information content (AvgIpc) is 2.67. The number of carboxylic acids is 1. The predicted molar refractivity (Wildman–Crippen MR) is 100 cm³/mol. The first kappa shape index (κ1) is 18.4. The lowest BCUT2D eigenvalue weighted by molar-refractivity contribution is -0.158. The third kappa shape index (κ3) is 3.36. The number of ether oxygens (including phenoxy) is 2. The van der Waals surface area contributed by atoms with Crippen molar-refractivity contribution in [1.29, 1.82) is 0 Å². The summed E-state index contributed by atoms with van der Waals surface area (Å²) in [4.78, 5) is 25.5. The maximum Gasteiger partial charge on any atom is 0.313 e. The van der Waals surface area contributed by atoms with Gasteiger partial charge in [0.15, 0.2) is 0 Å². The van der Waals surface area contributed by atoms with Gasteiger partial charge < -0.3 is 24.4 Å². The van der Waals surface area contributed by atoms with Crippen molar-refractivity contribution in [3.63, 3.8) is 0 Å². The van der Waals surface area contributed by atoms with E-state index >= 15 is 0 Å². The Bertz CT molecular complexity index is 704. The van der Waals surface area contributed by atoms with E-state index in [9.17, 15) is 9.90 Å². The molecule has 0 saturated carbocycles. The molecule has 0 bridgehead atoms. The first-order valence-corrected chi connectivity index (χ1v) is 9.74. The van der Waals surface area contributed by atoms with Crippen LogP contribution in [0.5, 0.6) is 0 Å². The molecule has 148 valence electrons. The summed E-state index contributed by atoms with van der Waals surface area (Å²) >= 11 is 0. The number of anilines is 2. The number of aromatic nitrogens is 2. The van der Waals surface area contributed by atoms with Gasteiger partial charge in [0.25, 0.3) is 0 Å². The summed E-state index contributed by atoms with van der Waals surface area (Å²) < 4.78 is 11.3. The zero-order chi connectivity index (χ0) is 19.1. The molecule has 27 heavy (non-hydrogen) atoms. The van der Waals surface area contributed by atoms with Gasteiger partial charge in [-0.2, -0.15) is 4.98 Å². The Hall–Kier alpha value is -1.93. The van der Waals surface area contributed by atoms with E-state index in [1.807, 2.05) is 0 Å². The van der Waals surface area contributed by atoms with Crippen LogP contribution in [0.3, 0.4) is 0 Å². The van der Waals surface area contributed by atoms with Crippen molar-refractivity contribution in [3.05, 3.63) is 11.8 Å². The van der Waals surface area contributed by atoms with Crippen molar-refractivity contribution in [1.82, 2.24) is 9.97 Å². The molecule has 0 atom stereocenters. The Morgan fingerprint density at radius 1 is 1.11 bits per heavy atom. The van der Waals surface area contributed by atoms with E-state index in [1.165, 1.54) is 0 Å². The molecule has 1 aromatic rings. The van der Waals surface area contributed by atoms with Gasteiger partial charge in [-0.3, -0.25) is 4.79 Å². The summed E-state index contributed by atoms with van der Waals surface area (Å²) in [6.07, 6.45) is 4.83. The fourth-order valence-electron chi connectivity index (χ4n) is 3.99. The second-order valence-corrected chi connectivity index (χ2v) is 8.21. The van der Waals surface area contributed by atoms with Gasteiger partial charge in [0.1, 0.15) is 5.82 Å². The molecule has 0 radical (unpaired) electrons. The number of hydrogen-bond acceptors (Lipinski definition) is 7. The van der Waals surface area contributed by atoms with Crippen LogP contribution in [0, 0.1) is 0 Å². The van der Waals surface area contributed by atoms with E-state index < -0.39 is 11.4 Å². The monoisotopic (exact) mass is 376 g/mol. The average molecular weight is 376 g/mol. The molecule has 0 aromatic carbocycles. The fourth-order valence-corrected chi connectivity index (χ4v) is 3.99. The standard InChI is InChI=1S/C19H28N4O4/c1-18(2,16(24)25)14-13-20-17(21-15(14)22-8-11-26-12-9-22)23-6-3-19(4-7-23)5-10-27-19/h13H,3-12H2,1-2H3,(H,24,25). The molecule has 3 saturated heterocycles. The van der Waals surface area contributed by atoms with Crippen molar-refractivity contribution in [2.75, 3.05) is 55.8 Å². The van der Waals surface area contributed by atoms with Gasteiger partial charge >= 0.3 is 5.97 Å². The van der Waals surface area contributed by atoms with Crippen molar-refractivity contribution in [2.45, 2.75) is 44.1 Å². The van der Waals surface area contributed by atoms with Crippen LogP contribution in [-0.2, 0) is 19.7 Å². The summed E-state index contributed by atoms with van der Waals surface area (Å²) in [5, 5.41) is 9.70. The van der Waals surface area contributed by atoms with Crippen LogP contribution in [0.15, 0.2) is 6.20 Å². The molecule has 4 heterocycles. The Morgan fingerprint density at radius 3 is 2.33 bits per heavy atom. The molecule has 8 heteroatoms. The summed E-state index contributed by atoms with van der Waals surface area (Å²) in [5.41, 5.74) is -0.330. The van der Waals surface area contributed by atoms with Gasteiger partial charge in [-0.05, 0) is 33.1 Å². The zero-order valence-corrected chi connectivity index (χ0v) is 16.1. The van der Waals surface area contributed by atoms with Gasteiger partial charge in [-0.1, -0.05) is 0 Å². The highest BCUT2D eigenvalue weighted by molar-refractivity contribution is 5.82. The molecule has 0 aliphatic carbocycles. The molecular weight excluding hydrogens is 348 g/mol. The normalized spacial score (nSPS) is 22.6. The van der Waals surface area contributed by atoms with E-state index in [4.69, 9.17) is 14.5 Å². The Balaban J connectivity index is 1.63. The molecule has 0 amide bonds. The van der Waals surface area contributed by atoms with Crippen LogP contribution < -0.4 is 9.80 Å². The smallest absolute Gasteiger partial charge is 0.313 e. The number of hydrogen-bond donors (Lipinski definition) is 1. The Morgan fingerprint density at radius 2 is 1.78 bits per heavy atom. The number of carbonyl (C=O) groups is 1. The van der Waals surface area contributed by atoms with Gasteiger partial charge in [0, 0.05) is 37.9 Å². The number of carboxylic acid groups (broad SMARTS) is 1. The van der Waals surface area contributed by atoms with Crippen LogP contribution in [0.2, 0.25) is 0 Å². The first-order valence-electron chi connectivity index (χ1n) is 9.74. The molecule has 1 spiro atoms. The lowest BCUT2D eigenvalue weighted by Gasteiger charge is -2.47. The minimum absolute atomic E-state index is 0.0782. The van der Waals surface area contributed by atoms with Crippen LogP contribution in [0.25, 0.3) is 0 Å². The first-order chi connectivity index (χ1) is 12.9. The number of rotatable bonds is 4. The number of morpholine rings is 1. The number of nitrogens with zero attached hydrogens (tertiary/aromatic N) is 4. The van der Waals surface area contributed by atoms with E-state index in [0.29, 0.717) is 37.8 Å². The van der Waals surface area contributed by atoms with Gasteiger partial charge in [-0.25, -0.2) is 4.98 Å². The highest BCUT2D eigenvalue weighted by Gasteiger charge is 2.42. The third-order valence-corrected chi connectivity index (χ3v) is 6.20. The largest absolute Gasteiger partial charge is 0.481 e. The van der Waals surface area contributed by atoms with Crippen LogP contribution in [0.4, 0.5) is 11.8 Å². The lowest BCUT2D eigenvalue weighted by Crippen LogP contribution is -2.52. The molecule has 0 unspecified atom stereocenters. The maximum absolute atomic E-state index is 11.8. The van der Waals surface area contributed by atoms with Gasteiger partial charge in [-0.15, -0.1) is 0 Å². The van der Waals surface area contributed by atoms with Crippen molar-refractivity contribution in [3.8, 4) is 0 Å². The highest BCUT2D eigenvalue weighted by atomic mass is 16.5. The van der Waals surface area contributed by atoms with E-state index in [1.54, 1.807) is 20.0 Å². The quantitative estimate of drug-likeness (QED) is 0.844. The van der Waals surface area contributed by atoms with E-state index in [0.717, 1.165) is 44.8 Å². The third-order valence-electron chi connectivity index (χ3n) is 6.20. The minimum Gasteiger partial charge on any atom is -0.481 e. The summed E-state index contributed by atoms with van der Waals surface area (Å²) in [7, 11) is 0. The van der Waals surface area contributed by atoms with Gasteiger partial charge in [0.2, 0.25) is 5.95 Å². The molecular formula is C19H28N4O4. The van der Waals surface area contributed by atoms with Crippen LogP contribution in [0.1, 0.15) is 38.7 Å². The number of aliphatic carboxylic acids is 1.